The van der Waals surface area contributed by atoms with E-state index in [2.05, 4.69) is 22.4 Å². The van der Waals surface area contributed by atoms with E-state index in [1.54, 1.807) is 0 Å². The first-order valence-electron chi connectivity index (χ1n) is 8.98. The molecule has 2 aliphatic rings. The maximum atomic E-state index is 12.9. The molecule has 1 amide bonds. The summed E-state index contributed by atoms with van der Waals surface area (Å²) in [5.41, 5.74) is 7.29. The standard InChI is InChI=1S/C19H24N4O2S/c20-17-22-15(10-26-17)19(14-4-2-1-3-5-14)6-8-23(9-7-19)16(25)18(13-24)11-21-12-18/h1-5,10,21,24H,6-9,11-13H2,(H2,20,22). The molecule has 0 unspecified atom stereocenters. The fourth-order valence-corrected chi connectivity index (χ4v) is 4.80. The topological polar surface area (TPSA) is 91.5 Å². The molecule has 2 saturated heterocycles. The fraction of sp³-hybridized carbons (Fsp3) is 0.474. The van der Waals surface area contributed by atoms with Crippen molar-refractivity contribution in [2.24, 2.45) is 5.41 Å². The first-order chi connectivity index (χ1) is 12.6. The van der Waals surface area contributed by atoms with Crippen LogP contribution in [0.15, 0.2) is 35.7 Å². The summed E-state index contributed by atoms with van der Waals surface area (Å²) in [7, 11) is 0. The van der Waals surface area contributed by atoms with Crippen LogP contribution in [0.25, 0.3) is 0 Å². The number of nitrogen functional groups attached to an aromatic ring is 1. The number of thiazole rings is 1. The van der Waals surface area contributed by atoms with E-state index in [0.29, 0.717) is 31.3 Å². The fourth-order valence-electron chi connectivity index (χ4n) is 4.14. The molecule has 0 radical (unpaired) electrons. The number of likely N-dealkylation sites (tertiary alicyclic amines) is 1. The van der Waals surface area contributed by atoms with Crippen molar-refractivity contribution in [2.45, 2.75) is 18.3 Å². The first-order valence-corrected chi connectivity index (χ1v) is 9.86. The van der Waals surface area contributed by atoms with Crippen molar-refractivity contribution in [1.82, 2.24) is 15.2 Å². The Morgan fingerprint density at radius 2 is 1.96 bits per heavy atom. The number of carbonyl (C=O) groups is 1. The van der Waals surface area contributed by atoms with Gasteiger partial charge in [-0.25, -0.2) is 4.98 Å². The highest BCUT2D eigenvalue weighted by Gasteiger charge is 2.48. The number of hydrogen-bond donors (Lipinski definition) is 3. The van der Waals surface area contributed by atoms with E-state index in [1.807, 2.05) is 28.5 Å². The van der Waals surface area contributed by atoms with Crippen molar-refractivity contribution < 1.29 is 9.90 Å². The second-order valence-corrected chi connectivity index (χ2v) is 8.24. The van der Waals surface area contributed by atoms with E-state index in [4.69, 9.17) is 5.73 Å². The van der Waals surface area contributed by atoms with E-state index in [1.165, 1.54) is 16.9 Å². The smallest absolute Gasteiger partial charge is 0.233 e. The van der Waals surface area contributed by atoms with Crippen LogP contribution >= 0.6 is 11.3 Å². The number of benzene rings is 1. The Kier molecular flexibility index (Phi) is 4.46. The Morgan fingerprint density at radius 1 is 1.27 bits per heavy atom. The molecule has 0 bridgehead atoms. The van der Waals surface area contributed by atoms with E-state index < -0.39 is 5.41 Å². The maximum absolute atomic E-state index is 12.9. The number of nitrogens with two attached hydrogens (primary N) is 1. The Bertz CT molecular complexity index is 774. The molecule has 2 aliphatic heterocycles. The zero-order valence-corrected chi connectivity index (χ0v) is 15.5. The summed E-state index contributed by atoms with van der Waals surface area (Å²) in [5, 5.41) is 15.4. The van der Waals surface area contributed by atoms with Gasteiger partial charge < -0.3 is 21.1 Å². The lowest BCUT2D eigenvalue weighted by Gasteiger charge is -2.47. The Balaban J connectivity index is 1.60. The van der Waals surface area contributed by atoms with Gasteiger partial charge in [0.1, 0.15) is 0 Å². The van der Waals surface area contributed by atoms with E-state index >= 15 is 0 Å². The van der Waals surface area contributed by atoms with Gasteiger partial charge in [-0.15, -0.1) is 11.3 Å². The molecule has 26 heavy (non-hydrogen) atoms. The quantitative estimate of drug-likeness (QED) is 0.751. The van der Waals surface area contributed by atoms with Gasteiger partial charge >= 0.3 is 0 Å². The van der Waals surface area contributed by atoms with Gasteiger partial charge in [0.05, 0.1) is 17.7 Å². The summed E-state index contributed by atoms with van der Waals surface area (Å²) >= 11 is 1.46. The summed E-state index contributed by atoms with van der Waals surface area (Å²) in [5.74, 6) is 0.0678. The minimum Gasteiger partial charge on any atom is -0.395 e. The van der Waals surface area contributed by atoms with Crippen LogP contribution < -0.4 is 11.1 Å². The second kappa shape index (κ2) is 6.64. The third kappa shape index (κ3) is 2.71. The molecule has 3 heterocycles. The zero-order chi connectivity index (χ0) is 18.2. The molecule has 1 aromatic heterocycles. The van der Waals surface area contributed by atoms with Gasteiger partial charge in [0.2, 0.25) is 5.91 Å². The van der Waals surface area contributed by atoms with Crippen LogP contribution in [0.3, 0.4) is 0 Å². The predicted molar refractivity (Wildman–Crippen MR) is 102 cm³/mol. The van der Waals surface area contributed by atoms with Crippen molar-refractivity contribution in [1.29, 1.82) is 0 Å². The summed E-state index contributed by atoms with van der Waals surface area (Å²) in [4.78, 5) is 19.4. The molecule has 4 N–H and O–H groups in total. The summed E-state index contributed by atoms with van der Waals surface area (Å²) in [6.45, 7) is 2.35. The number of nitrogens with one attached hydrogen (secondary N) is 1. The molecular weight excluding hydrogens is 348 g/mol. The lowest BCUT2D eigenvalue weighted by molar-refractivity contribution is -0.149. The SMILES string of the molecule is Nc1nc(C2(c3ccccc3)CCN(C(=O)C3(CO)CNC3)CC2)cs1. The molecule has 2 fully saturated rings. The van der Waals surface area contributed by atoms with E-state index in [9.17, 15) is 9.90 Å². The summed E-state index contributed by atoms with van der Waals surface area (Å²) < 4.78 is 0. The minimum absolute atomic E-state index is 0.0678. The first kappa shape index (κ1) is 17.5. The number of anilines is 1. The Labute approximate surface area is 157 Å². The average Bonchev–Trinajstić information content (AvgIpc) is 3.09. The Hall–Kier alpha value is -1.96. The van der Waals surface area contributed by atoms with Gasteiger partial charge in [-0.1, -0.05) is 30.3 Å². The van der Waals surface area contributed by atoms with Crippen molar-refractivity contribution in [2.75, 3.05) is 38.5 Å². The summed E-state index contributed by atoms with van der Waals surface area (Å²) in [6, 6.07) is 10.4. The van der Waals surface area contributed by atoms with Crippen LogP contribution in [0, 0.1) is 5.41 Å². The predicted octanol–water partition coefficient (Wildman–Crippen LogP) is 1.22. The molecule has 6 nitrogen and oxygen atoms in total. The average molecular weight is 372 g/mol. The molecule has 7 heteroatoms. The lowest BCUT2D eigenvalue weighted by atomic mass is 9.70. The van der Waals surface area contributed by atoms with E-state index in [-0.39, 0.29) is 17.9 Å². The highest BCUT2D eigenvalue weighted by atomic mass is 32.1. The number of rotatable bonds is 4. The largest absolute Gasteiger partial charge is 0.395 e. The highest BCUT2D eigenvalue weighted by Crippen LogP contribution is 2.43. The molecule has 0 aliphatic carbocycles. The number of nitrogens with zero attached hydrogens (tertiary/aromatic N) is 2. The van der Waals surface area contributed by atoms with Crippen LogP contribution in [0.1, 0.15) is 24.1 Å². The molecule has 0 spiro atoms. The monoisotopic (exact) mass is 372 g/mol. The van der Waals surface area contributed by atoms with Gasteiger partial charge in [0.15, 0.2) is 5.13 Å². The van der Waals surface area contributed by atoms with Crippen LogP contribution in [-0.2, 0) is 10.2 Å². The normalized spacial score (nSPS) is 21.2. The van der Waals surface area contributed by atoms with Gasteiger partial charge in [-0.3, -0.25) is 4.79 Å². The Morgan fingerprint density at radius 3 is 2.46 bits per heavy atom. The number of piperidine rings is 1. The van der Waals surface area contributed by atoms with Crippen molar-refractivity contribution in [3.63, 3.8) is 0 Å². The van der Waals surface area contributed by atoms with Gasteiger partial charge in [0.25, 0.3) is 0 Å². The third-order valence-corrected chi connectivity index (χ3v) is 6.60. The van der Waals surface area contributed by atoms with Crippen LogP contribution in [0.4, 0.5) is 5.13 Å². The van der Waals surface area contributed by atoms with Gasteiger partial charge in [-0.05, 0) is 18.4 Å². The molecule has 2 aromatic rings. The molecular formula is C19H24N4O2S. The van der Waals surface area contributed by atoms with Crippen LogP contribution in [0.2, 0.25) is 0 Å². The van der Waals surface area contributed by atoms with Crippen LogP contribution in [-0.4, -0.2) is 53.7 Å². The lowest BCUT2D eigenvalue weighted by Crippen LogP contribution is -2.65. The minimum atomic E-state index is -0.627. The number of aliphatic hydroxyl groups excluding tert-OH is 1. The summed E-state index contributed by atoms with van der Waals surface area (Å²) in [6.07, 6.45) is 1.61. The number of aliphatic hydroxyl groups is 1. The van der Waals surface area contributed by atoms with Crippen LogP contribution in [0.5, 0.6) is 0 Å². The van der Waals surface area contributed by atoms with Crippen molar-refractivity contribution in [3.05, 3.63) is 47.0 Å². The molecule has 4 rings (SSSR count). The number of aromatic nitrogens is 1. The molecule has 138 valence electrons. The number of hydrogen-bond acceptors (Lipinski definition) is 6. The molecule has 0 atom stereocenters. The van der Waals surface area contributed by atoms with E-state index in [0.717, 1.165) is 18.5 Å². The van der Waals surface area contributed by atoms with Crippen molar-refractivity contribution in [3.8, 4) is 0 Å². The number of carbonyl (C=O) groups excluding carboxylic acids is 1. The molecule has 1 aromatic carbocycles. The van der Waals surface area contributed by atoms with Gasteiger partial charge in [0, 0.05) is 37.0 Å². The van der Waals surface area contributed by atoms with Crippen molar-refractivity contribution >= 4 is 22.4 Å². The highest BCUT2D eigenvalue weighted by molar-refractivity contribution is 7.13. The molecule has 0 saturated carbocycles. The third-order valence-electron chi connectivity index (χ3n) is 5.93. The maximum Gasteiger partial charge on any atom is 0.233 e. The van der Waals surface area contributed by atoms with Gasteiger partial charge in [-0.2, -0.15) is 0 Å². The number of amides is 1. The zero-order valence-electron chi connectivity index (χ0n) is 14.6. The second-order valence-electron chi connectivity index (χ2n) is 7.35.